The van der Waals surface area contributed by atoms with Crippen LogP contribution in [0.15, 0.2) is 0 Å². The van der Waals surface area contributed by atoms with Gasteiger partial charge >= 0.3 is 0 Å². The van der Waals surface area contributed by atoms with Crippen molar-refractivity contribution in [1.29, 1.82) is 0 Å². The van der Waals surface area contributed by atoms with Crippen LogP contribution in [0.25, 0.3) is 0 Å². The van der Waals surface area contributed by atoms with Gasteiger partial charge in [-0.3, -0.25) is 9.89 Å². The van der Waals surface area contributed by atoms with Crippen LogP contribution in [0.3, 0.4) is 0 Å². The average molecular weight is 284 g/mol. The van der Waals surface area contributed by atoms with Gasteiger partial charge in [0.15, 0.2) is 5.69 Å². The molecule has 0 unspecified atom stereocenters. The number of aromatic amines is 1. The lowest BCUT2D eigenvalue weighted by molar-refractivity contribution is 0.0950. The van der Waals surface area contributed by atoms with Gasteiger partial charge in [0.05, 0.1) is 0 Å². The Hall–Kier alpha value is -1.05. The van der Waals surface area contributed by atoms with Crippen LogP contribution >= 0.6 is 11.8 Å². The lowest BCUT2D eigenvalue weighted by Gasteiger charge is -2.12. The van der Waals surface area contributed by atoms with Crippen LogP contribution < -0.4 is 10.6 Å². The van der Waals surface area contributed by atoms with Crippen LogP contribution in [0.5, 0.6) is 0 Å². The van der Waals surface area contributed by atoms with Crippen LogP contribution in [-0.2, 0) is 13.0 Å². The van der Waals surface area contributed by atoms with E-state index >= 15 is 0 Å². The molecule has 4 N–H and O–H groups in total. The van der Waals surface area contributed by atoms with Crippen molar-refractivity contribution < 1.29 is 9.90 Å². The fourth-order valence-electron chi connectivity index (χ4n) is 2.00. The molecule has 1 aromatic rings. The van der Waals surface area contributed by atoms with Crippen molar-refractivity contribution in [1.82, 2.24) is 20.8 Å². The standard InChI is InChI=1S/C12H20N4O2S/c17-5-1-6-19-7-4-14-12(18)11-9-8-13-3-2-10(9)15-16-11/h13,17H,1-8H2,(H,14,18)(H,15,16). The largest absolute Gasteiger partial charge is 0.396 e. The number of aliphatic hydroxyl groups excluding tert-OH is 1. The van der Waals surface area contributed by atoms with E-state index in [9.17, 15) is 4.79 Å². The molecule has 2 heterocycles. The lowest BCUT2D eigenvalue weighted by Crippen LogP contribution is -2.29. The van der Waals surface area contributed by atoms with E-state index in [1.165, 1.54) is 0 Å². The first-order valence-corrected chi connectivity index (χ1v) is 7.72. The highest BCUT2D eigenvalue weighted by molar-refractivity contribution is 7.99. The van der Waals surface area contributed by atoms with Gasteiger partial charge in [-0.1, -0.05) is 0 Å². The minimum Gasteiger partial charge on any atom is -0.396 e. The molecule has 0 aromatic carbocycles. The number of fused-ring (bicyclic) bond motifs is 1. The number of carbonyl (C=O) groups is 1. The van der Waals surface area contributed by atoms with Crippen molar-refractivity contribution in [2.24, 2.45) is 0 Å². The topological polar surface area (TPSA) is 90.0 Å². The average Bonchev–Trinajstić information content (AvgIpc) is 2.86. The Balaban J connectivity index is 1.75. The van der Waals surface area contributed by atoms with Crippen molar-refractivity contribution in [3.63, 3.8) is 0 Å². The van der Waals surface area contributed by atoms with Crippen molar-refractivity contribution in [2.75, 3.05) is 31.2 Å². The van der Waals surface area contributed by atoms with E-state index in [4.69, 9.17) is 5.11 Å². The second kappa shape index (κ2) is 7.52. The Labute approximate surface area is 116 Å². The zero-order valence-electron chi connectivity index (χ0n) is 10.9. The summed E-state index contributed by atoms with van der Waals surface area (Å²) in [7, 11) is 0. The van der Waals surface area contributed by atoms with Crippen molar-refractivity contribution >= 4 is 17.7 Å². The summed E-state index contributed by atoms with van der Waals surface area (Å²) in [5, 5.41) is 21.8. The Morgan fingerprint density at radius 1 is 1.47 bits per heavy atom. The van der Waals surface area contributed by atoms with E-state index in [2.05, 4.69) is 20.8 Å². The molecule has 0 aliphatic carbocycles. The van der Waals surface area contributed by atoms with Gasteiger partial charge in [-0.05, 0) is 12.2 Å². The van der Waals surface area contributed by atoms with Gasteiger partial charge in [-0.25, -0.2) is 0 Å². The molecule has 0 spiro atoms. The number of thioether (sulfide) groups is 1. The molecule has 6 nitrogen and oxygen atoms in total. The molecule has 1 aliphatic heterocycles. The summed E-state index contributed by atoms with van der Waals surface area (Å²) in [4.78, 5) is 12.0. The Kier molecular flexibility index (Phi) is 5.68. The first-order valence-electron chi connectivity index (χ1n) is 6.56. The fourth-order valence-corrected chi connectivity index (χ4v) is 2.79. The van der Waals surface area contributed by atoms with Crippen LogP contribution in [0.2, 0.25) is 0 Å². The normalized spacial score (nSPS) is 14.2. The van der Waals surface area contributed by atoms with Gasteiger partial charge in [0.1, 0.15) is 0 Å². The van der Waals surface area contributed by atoms with Crippen molar-refractivity contribution in [3.8, 4) is 0 Å². The molecule has 0 atom stereocenters. The SMILES string of the molecule is O=C(NCCSCCCO)c1n[nH]c2c1CNCC2. The van der Waals surface area contributed by atoms with E-state index < -0.39 is 0 Å². The Bertz CT molecular complexity index is 422. The zero-order chi connectivity index (χ0) is 13.5. The molecule has 7 heteroatoms. The third-order valence-corrected chi connectivity index (χ3v) is 4.07. The molecular formula is C12H20N4O2S. The monoisotopic (exact) mass is 284 g/mol. The molecule has 19 heavy (non-hydrogen) atoms. The quantitative estimate of drug-likeness (QED) is 0.525. The van der Waals surface area contributed by atoms with Crippen molar-refractivity contribution in [2.45, 2.75) is 19.4 Å². The lowest BCUT2D eigenvalue weighted by atomic mass is 10.1. The number of hydrogen-bond donors (Lipinski definition) is 4. The summed E-state index contributed by atoms with van der Waals surface area (Å²) < 4.78 is 0. The molecule has 106 valence electrons. The highest BCUT2D eigenvalue weighted by atomic mass is 32.2. The second-order valence-corrected chi connectivity index (χ2v) is 5.63. The third-order valence-electron chi connectivity index (χ3n) is 3.00. The van der Waals surface area contributed by atoms with Crippen molar-refractivity contribution in [3.05, 3.63) is 17.0 Å². The number of amides is 1. The summed E-state index contributed by atoms with van der Waals surface area (Å²) in [6.07, 6.45) is 1.70. The van der Waals surface area contributed by atoms with Gasteiger partial charge in [0.25, 0.3) is 5.91 Å². The maximum Gasteiger partial charge on any atom is 0.272 e. The number of H-pyrrole nitrogens is 1. The number of nitrogens with zero attached hydrogens (tertiary/aromatic N) is 1. The van der Waals surface area contributed by atoms with Gasteiger partial charge in [0, 0.05) is 49.7 Å². The first kappa shape index (κ1) is 14.4. The molecular weight excluding hydrogens is 264 g/mol. The molecule has 0 radical (unpaired) electrons. The van der Waals surface area contributed by atoms with Crippen LogP contribution in [0.4, 0.5) is 0 Å². The summed E-state index contributed by atoms with van der Waals surface area (Å²) in [6.45, 7) is 2.49. The van der Waals surface area contributed by atoms with E-state index in [1.807, 2.05) is 0 Å². The van der Waals surface area contributed by atoms with E-state index in [0.717, 1.165) is 42.1 Å². The molecule has 0 fully saturated rings. The molecule has 1 amide bonds. The molecule has 0 bridgehead atoms. The van der Waals surface area contributed by atoms with Crippen LogP contribution in [-0.4, -0.2) is 52.4 Å². The van der Waals surface area contributed by atoms with Crippen LogP contribution in [0, 0.1) is 0 Å². The minimum atomic E-state index is -0.107. The summed E-state index contributed by atoms with van der Waals surface area (Å²) in [5.41, 5.74) is 2.58. The number of rotatable bonds is 7. The summed E-state index contributed by atoms with van der Waals surface area (Å²) in [6, 6.07) is 0. The van der Waals surface area contributed by atoms with E-state index in [0.29, 0.717) is 18.8 Å². The predicted molar refractivity (Wildman–Crippen MR) is 75.4 cm³/mol. The smallest absolute Gasteiger partial charge is 0.272 e. The minimum absolute atomic E-state index is 0.107. The molecule has 1 aromatic heterocycles. The summed E-state index contributed by atoms with van der Waals surface area (Å²) >= 11 is 1.73. The first-order chi connectivity index (χ1) is 9.33. The molecule has 0 saturated carbocycles. The van der Waals surface area contributed by atoms with Gasteiger partial charge in [0.2, 0.25) is 0 Å². The van der Waals surface area contributed by atoms with Gasteiger partial charge < -0.3 is 15.7 Å². The molecule has 2 rings (SSSR count). The number of aliphatic hydroxyl groups is 1. The molecule has 1 aliphatic rings. The number of aromatic nitrogens is 2. The number of nitrogens with one attached hydrogen (secondary N) is 3. The summed E-state index contributed by atoms with van der Waals surface area (Å²) in [5.74, 6) is 1.67. The fraction of sp³-hybridized carbons (Fsp3) is 0.667. The van der Waals surface area contributed by atoms with Crippen LogP contribution in [0.1, 0.15) is 28.2 Å². The predicted octanol–water partition coefficient (Wildman–Crippen LogP) is -0.0992. The third kappa shape index (κ3) is 3.95. The number of carbonyl (C=O) groups excluding carboxylic acids is 1. The molecule has 0 saturated heterocycles. The maximum absolute atomic E-state index is 12.0. The van der Waals surface area contributed by atoms with E-state index in [1.54, 1.807) is 11.8 Å². The Morgan fingerprint density at radius 2 is 2.37 bits per heavy atom. The van der Waals surface area contributed by atoms with E-state index in [-0.39, 0.29) is 12.5 Å². The van der Waals surface area contributed by atoms with Gasteiger partial charge in [-0.2, -0.15) is 16.9 Å². The van der Waals surface area contributed by atoms with Gasteiger partial charge in [-0.15, -0.1) is 0 Å². The second-order valence-electron chi connectivity index (χ2n) is 4.40. The number of hydrogen-bond acceptors (Lipinski definition) is 5. The highest BCUT2D eigenvalue weighted by Gasteiger charge is 2.20. The highest BCUT2D eigenvalue weighted by Crippen LogP contribution is 2.14. The maximum atomic E-state index is 12.0. The zero-order valence-corrected chi connectivity index (χ0v) is 11.7. The Morgan fingerprint density at radius 3 is 3.21 bits per heavy atom.